The van der Waals surface area contributed by atoms with Crippen LogP contribution in [0.25, 0.3) is 22.6 Å². The first kappa shape index (κ1) is 25.5. The van der Waals surface area contributed by atoms with Crippen LogP contribution in [0, 0.1) is 6.92 Å². The Kier molecular flexibility index (Phi) is 6.39. The molecule has 4 aromatic rings. The predicted octanol–water partition coefficient (Wildman–Crippen LogP) is 3.80. The number of aryl methyl sites for hydroxylation is 1. The quantitative estimate of drug-likeness (QED) is 0.353. The lowest BCUT2D eigenvalue weighted by Gasteiger charge is -2.39. The molecule has 3 aromatic heterocycles. The van der Waals surface area contributed by atoms with Crippen LogP contribution < -0.4 is 9.47 Å². The third-order valence-corrected chi connectivity index (χ3v) is 7.40. The first-order valence-corrected chi connectivity index (χ1v) is 13.3. The van der Waals surface area contributed by atoms with Gasteiger partial charge in [0, 0.05) is 11.8 Å². The molecule has 1 aliphatic carbocycles. The zero-order valence-corrected chi connectivity index (χ0v) is 22.7. The number of halogens is 1. The number of carbonyl (C=O) groups is 1. The fourth-order valence-corrected chi connectivity index (χ4v) is 4.86. The van der Waals surface area contributed by atoms with E-state index in [1.54, 1.807) is 17.2 Å². The molecule has 0 unspecified atom stereocenters. The average molecular weight is 549 g/mol. The van der Waals surface area contributed by atoms with Gasteiger partial charge in [-0.3, -0.25) is 9.78 Å². The van der Waals surface area contributed by atoms with Crippen LogP contribution in [0.5, 0.6) is 11.6 Å². The van der Waals surface area contributed by atoms with Gasteiger partial charge in [0.25, 0.3) is 5.91 Å². The van der Waals surface area contributed by atoms with Crippen LogP contribution in [-0.4, -0.2) is 71.3 Å². The Hall–Kier alpha value is -3.76. The maximum absolute atomic E-state index is 11.9. The molecular weight excluding hydrogens is 520 g/mol. The molecule has 1 amide bonds. The van der Waals surface area contributed by atoms with Gasteiger partial charge in [-0.15, -0.1) is 0 Å². The zero-order valence-electron chi connectivity index (χ0n) is 22.0. The molecule has 202 valence electrons. The van der Waals surface area contributed by atoms with E-state index in [-0.39, 0.29) is 17.6 Å². The summed E-state index contributed by atoms with van der Waals surface area (Å²) in [5.74, 6) is 1.36. The highest BCUT2D eigenvalue weighted by Gasteiger charge is 2.41. The molecule has 1 saturated carbocycles. The molecule has 10 nitrogen and oxygen atoms in total. The van der Waals surface area contributed by atoms with Gasteiger partial charge < -0.3 is 24.0 Å². The Morgan fingerprint density at radius 3 is 2.69 bits per heavy atom. The van der Waals surface area contributed by atoms with E-state index in [9.17, 15) is 9.90 Å². The fourth-order valence-electron chi connectivity index (χ4n) is 4.60. The summed E-state index contributed by atoms with van der Waals surface area (Å²) in [6.07, 6.45) is 4.05. The summed E-state index contributed by atoms with van der Waals surface area (Å²) in [4.78, 5) is 31.9. The molecule has 6 rings (SSSR count). The summed E-state index contributed by atoms with van der Waals surface area (Å²) in [6, 6.07) is 9.44. The van der Waals surface area contributed by atoms with Crippen molar-refractivity contribution in [2.75, 3.05) is 13.1 Å². The normalized spacial score (nSPS) is 17.1. The second kappa shape index (κ2) is 9.77. The number of hydrogen-bond donors (Lipinski definition) is 1. The van der Waals surface area contributed by atoms with E-state index in [1.165, 1.54) is 13.3 Å². The van der Waals surface area contributed by atoms with Gasteiger partial charge in [0.1, 0.15) is 35.7 Å². The minimum absolute atomic E-state index is 0.162. The first-order valence-electron chi connectivity index (χ1n) is 12.9. The lowest BCUT2D eigenvalue weighted by molar-refractivity contribution is -0.148. The number of aliphatic hydroxyl groups excluding tert-OH is 1. The summed E-state index contributed by atoms with van der Waals surface area (Å²) >= 11 is 6.80. The molecule has 4 heterocycles. The Morgan fingerprint density at radius 1 is 1.21 bits per heavy atom. The number of aromatic nitrogens is 5. The maximum atomic E-state index is 11.9. The number of aliphatic hydroxyl groups is 1. The largest absolute Gasteiger partial charge is 0.487 e. The van der Waals surface area contributed by atoms with Crippen LogP contribution in [0.1, 0.15) is 37.9 Å². The highest BCUT2D eigenvalue weighted by molar-refractivity contribution is 6.33. The number of amides is 1. The minimum atomic E-state index is -1.02. The number of carbonyl (C=O) groups excluding carboxylic acids is 1. The number of imidazole rings is 1. The van der Waals surface area contributed by atoms with E-state index < -0.39 is 6.10 Å². The van der Waals surface area contributed by atoms with Crippen molar-refractivity contribution in [2.24, 2.45) is 0 Å². The Balaban J connectivity index is 1.33. The van der Waals surface area contributed by atoms with Crippen molar-refractivity contribution in [3.63, 3.8) is 0 Å². The Bertz CT molecular complexity index is 1560. The van der Waals surface area contributed by atoms with Crippen LogP contribution in [0.2, 0.25) is 5.02 Å². The molecule has 1 N–H and O–H groups in total. The summed E-state index contributed by atoms with van der Waals surface area (Å²) < 4.78 is 14.2. The highest BCUT2D eigenvalue weighted by Crippen LogP contribution is 2.41. The lowest BCUT2D eigenvalue weighted by atomic mass is 10.1. The zero-order chi connectivity index (χ0) is 27.3. The van der Waals surface area contributed by atoms with Crippen LogP contribution >= 0.6 is 11.6 Å². The van der Waals surface area contributed by atoms with E-state index >= 15 is 0 Å². The molecule has 1 atom stereocenters. The van der Waals surface area contributed by atoms with Crippen LogP contribution in [0.4, 0.5) is 0 Å². The number of pyridine rings is 1. The second-order valence-corrected chi connectivity index (χ2v) is 11.0. The monoisotopic (exact) mass is 548 g/mol. The van der Waals surface area contributed by atoms with Crippen LogP contribution in [0.3, 0.4) is 0 Å². The van der Waals surface area contributed by atoms with Gasteiger partial charge in [-0.05, 0) is 69.5 Å². The van der Waals surface area contributed by atoms with Crippen molar-refractivity contribution in [2.45, 2.75) is 58.0 Å². The number of hydrogen-bond acceptors (Lipinski definition) is 8. The van der Waals surface area contributed by atoms with Crippen LogP contribution in [0.15, 0.2) is 42.9 Å². The number of rotatable bonds is 8. The Labute approximate surface area is 230 Å². The van der Waals surface area contributed by atoms with Crippen molar-refractivity contribution < 1.29 is 19.4 Å². The molecule has 0 spiro atoms. The number of ether oxygens (including phenoxy) is 2. The third kappa shape index (κ3) is 5.14. The van der Waals surface area contributed by atoms with Gasteiger partial charge in [0.2, 0.25) is 5.88 Å². The molecule has 1 aromatic carbocycles. The SMILES string of the molecule is Cc1ccnc(Cn2c(-c3ccc(OC4CN(C(=O)[C@@H](C)O)C4)cc3Cl)nc3c(OC4(C)CC4)ncnc32)c1. The molecular formula is C28H29ClN6O4. The van der Waals surface area contributed by atoms with Gasteiger partial charge >= 0.3 is 0 Å². The number of fused-ring (bicyclic) bond motifs is 1. The molecule has 0 radical (unpaired) electrons. The van der Waals surface area contributed by atoms with E-state index in [4.69, 9.17) is 26.1 Å². The van der Waals surface area contributed by atoms with E-state index in [1.807, 2.05) is 35.8 Å². The number of benzene rings is 1. The predicted molar refractivity (Wildman–Crippen MR) is 145 cm³/mol. The summed E-state index contributed by atoms with van der Waals surface area (Å²) in [5.41, 5.74) is 3.66. The smallest absolute Gasteiger partial charge is 0.251 e. The summed E-state index contributed by atoms with van der Waals surface area (Å²) in [5, 5.41) is 9.95. The minimum Gasteiger partial charge on any atom is -0.487 e. The first-order chi connectivity index (χ1) is 18.7. The van der Waals surface area contributed by atoms with Gasteiger partial charge in [0.05, 0.1) is 30.4 Å². The molecule has 1 aliphatic heterocycles. The maximum Gasteiger partial charge on any atom is 0.251 e. The molecule has 2 aliphatic rings. The molecule has 1 saturated heterocycles. The van der Waals surface area contributed by atoms with E-state index in [0.29, 0.717) is 58.8 Å². The number of nitrogens with zero attached hydrogens (tertiary/aromatic N) is 6. The fraction of sp³-hybridized carbons (Fsp3) is 0.393. The Morgan fingerprint density at radius 2 is 2.00 bits per heavy atom. The van der Waals surface area contributed by atoms with Crippen molar-refractivity contribution >= 4 is 28.7 Å². The van der Waals surface area contributed by atoms with Gasteiger partial charge in [-0.2, -0.15) is 4.98 Å². The van der Waals surface area contributed by atoms with E-state index in [2.05, 4.69) is 21.9 Å². The van der Waals surface area contributed by atoms with Gasteiger partial charge in [-0.1, -0.05) is 11.6 Å². The van der Waals surface area contributed by atoms with Gasteiger partial charge in [-0.25, -0.2) is 9.97 Å². The van der Waals surface area contributed by atoms with Crippen molar-refractivity contribution in [3.8, 4) is 23.0 Å². The summed E-state index contributed by atoms with van der Waals surface area (Å²) in [6.45, 7) is 6.83. The van der Waals surface area contributed by atoms with Crippen molar-refractivity contribution in [1.82, 2.24) is 29.4 Å². The standard InChI is InChI=1S/C28H29ClN6O4/c1-16-6-9-30-18(10-16)12-35-24(33-23-25(35)31-15-32-26(23)39-28(3)7-8-28)21-5-4-19(11-22(21)29)38-20-13-34(14-20)27(37)17(2)36/h4-6,9-11,15,17,20,36H,7-8,12-14H2,1-3H3/t17-/m1/s1. The molecule has 2 fully saturated rings. The second-order valence-electron chi connectivity index (χ2n) is 10.5. The molecule has 11 heteroatoms. The summed E-state index contributed by atoms with van der Waals surface area (Å²) in [7, 11) is 0. The highest BCUT2D eigenvalue weighted by atomic mass is 35.5. The third-order valence-electron chi connectivity index (χ3n) is 7.09. The van der Waals surface area contributed by atoms with Crippen molar-refractivity contribution in [3.05, 3.63) is 59.1 Å². The van der Waals surface area contributed by atoms with Crippen LogP contribution in [-0.2, 0) is 11.3 Å². The average Bonchev–Trinajstić information content (AvgIpc) is 3.49. The number of likely N-dealkylation sites (tertiary alicyclic amines) is 1. The van der Waals surface area contributed by atoms with Gasteiger partial charge in [0.15, 0.2) is 11.2 Å². The molecule has 0 bridgehead atoms. The molecule has 39 heavy (non-hydrogen) atoms. The lowest BCUT2D eigenvalue weighted by Crippen LogP contribution is -2.58. The van der Waals surface area contributed by atoms with Crippen molar-refractivity contribution in [1.29, 1.82) is 0 Å². The van der Waals surface area contributed by atoms with E-state index in [0.717, 1.165) is 24.1 Å². The topological polar surface area (TPSA) is 115 Å².